The largest absolute Gasteiger partial charge is 0.480 e. The highest BCUT2D eigenvalue weighted by Crippen LogP contribution is 2.18. The summed E-state index contributed by atoms with van der Waals surface area (Å²) in [7, 11) is 0. The van der Waals surface area contributed by atoms with E-state index in [0.717, 1.165) is 12.8 Å². The lowest BCUT2D eigenvalue weighted by molar-refractivity contribution is -0.141. The van der Waals surface area contributed by atoms with E-state index in [-0.39, 0.29) is 0 Å². The summed E-state index contributed by atoms with van der Waals surface area (Å²) in [6, 6.07) is -0.459. The molecule has 0 spiro atoms. The van der Waals surface area contributed by atoms with Gasteiger partial charge in [0, 0.05) is 12.4 Å². The molecule has 4 nitrogen and oxygen atoms in total. The van der Waals surface area contributed by atoms with E-state index in [9.17, 15) is 9.90 Å². The van der Waals surface area contributed by atoms with Crippen molar-refractivity contribution in [3.8, 4) is 0 Å². The molecule has 0 saturated carbocycles. The Morgan fingerprint density at radius 2 is 1.26 bits per heavy atom. The molecule has 0 saturated heterocycles. The Labute approximate surface area is 166 Å². The van der Waals surface area contributed by atoms with Gasteiger partial charge < -0.3 is 9.67 Å². The van der Waals surface area contributed by atoms with Crippen LogP contribution in [0.5, 0.6) is 0 Å². The second-order valence-corrected chi connectivity index (χ2v) is 7.96. The molecule has 0 radical (unpaired) electrons. The van der Waals surface area contributed by atoms with Gasteiger partial charge in [-0.05, 0) is 6.42 Å². The van der Waals surface area contributed by atoms with Crippen molar-refractivity contribution in [1.29, 1.82) is 0 Å². The Bertz CT molecular complexity index is 445. The molecule has 156 valence electrons. The average Bonchev–Trinajstić information content (AvgIpc) is 3.18. The van der Waals surface area contributed by atoms with Crippen molar-refractivity contribution >= 4 is 5.97 Å². The van der Waals surface area contributed by atoms with Crippen LogP contribution in [0.4, 0.5) is 0 Å². The first-order valence-electron chi connectivity index (χ1n) is 11.5. The lowest BCUT2D eigenvalue weighted by Gasteiger charge is -2.13. The maximum Gasteiger partial charge on any atom is 0.326 e. The summed E-state index contributed by atoms with van der Waals surface area (Å²) in [6.45, 7) is 2.28. The fourth-order valence-electron chi connectivity index (χ4n) is 3.74. The third-order valence-electron chi connectivity index (χ3n) is 5.50. The summed E-state index contributed by atoms with van der Waals surface area (Å²) >= 11 is 0. The molecular weight excluding hydrogens is 336 g/mol. The molecule has 0 aliphatic rings. The highest BCUT2D eigenvalue weighted by atomic mass is 16.4. The standard InChI is InChI=1S/C23H42N2O2/c1-2-3-4-5-6-7-8-9-10-11-12-13-14-15-16-17-18-22(23(26)27)25-20-19-24-21-25/h19-22H,2-18H2,1H3,(H,26,27). The number of carboxylic acid groups (broad SMARTS) is 1. The molecule has 1 aromatic heterocycles. The van der Waals surface area contributed by atoms with E-state index in [0.29, 0.717) is 6.42 Å². The van der Waals surface area contributed by atoms with Crippen LogP contribution in [0.3, 0.4) is 0 Å². The highest BCUT2D eigenvalue weighted by molar-refractivity contribution is 5.71. The summed E-state index contributed by atoms with van der Waals surface area (Å²) in [5.41, 5.74) is 0. The number of aromatic nitrogens is 2. The second kappa shape index (κ2) is 16.8. The monoisotopic (exact) mass is 378 g/mol. The molecule has 1 N–H and O–H groups in total. The lowest BCUT2D eigenvalue weighted by atomic mass is 10.0. The topological polar surface area (TPSA) is 55.1 Å². The minimum absolute atomic E-state index is 0.459. The molecule has 0 aromatic carbocycles. The van der Waals surface area contributed by atoms with E-state index in [1.54, 1.807) is 23.3 Å². The maximum atomic E-state index is 11.3. The number of unbranched alkanes of at least 4 members (excludes halogenated alkanes) is 15. The Morgan fingerprint density at radius 1 is 0.815 bits per heavy atom. The number of nitrogens with zero attached hydrogens (tertiary/aromatic N) is 2. The van der Waals surface area contributed by atoms with Crippen molar-refractivity contribution in [2.24, 2.45) is 0 Å². The van der Waals surface area contributed by atoms with Crippen molar-refractivity contribution in [1.82, 2.24) is 9.55 Å². The van der Waals surface area contributed by atoms with Crippen LogP contribution < -0.4 is 0 Å². The van der Waals surface area contributed by atoms with Crippen molar-refractivity contribution in [3.05, 3.63) is 18.7 Å². The number of rotatable bonds is 19. The molecular formula is C23H42N2O2. The number of hydrogen-bond acceptors (Lipinski definition) is 2. The molecule has 0 amide bonds. The van der Waals surface area contributed by atoms with E-state index in [4.69, 9.17) is 0 Å². The molecule has 0 aliphatic carbocycles. The van der Waals surface area contributed by atoms with Gasteiger partial charge in [-0.1, -0.05) is 110 Å². The number of hydrogen-bond donors (Lipinski definition) is 1. The van der Waals surface area contributed by atoms with Gasteiger partial charge in [0.05, 0.1) is 6.33 Å². The van der Waals surface area contributed by atoms with Crippen molar-refractivity contribution < 1.29 is 9.90 Å². The highest BCUT2D eigenvalue weighted by Gasteiger charge is 2.17. The smallest absolute Gasteiger partial charge is 0.326 e. The fraction of sp³-hybridized carbons (Fsp3) is 0.826. The number of carbonyl (C=O) groups is 1. The molecule has 1 aromatic rings. The molecule has 0 aliphatic heterocycles. The average molecular weight is 379 g/mol. The summed E-state index contributed by atoms with van der Waals surface area (Å²) in [6.07, 6.45) is 27.1. The molecule has 1 heterocycles. The molecule has 4 heteroatoms. The second-order valence-electron chi connectivity index (χ2n) is 7.96. The van der Waals surface area contributed by atoms with Crippen LogP contribution in [0.15, 0.2) is 18.7 Å². The zero-order chi connectivity index (χ0) is 19.6. The van der Waals surface area contributed by atoms with E-state index in [1.807, 2.05) is 0 Å². The van der Waals surface area contributed by atoms with Gasteiger partial charge in [0.25, 0.3) is 0 Å². The van der Waals surface area contributed by atoms with Crippen molar-refractivity contribution in [3.63, 3.8) is 0 Å². The molecule has 1 unspecified atom stereocenters. The molecule has 0 bridgehead atoms. The SMILES string of the molecule is CCCCCCCCCCCCCCCCCCC(C(=O)O)n1ccnc1. The van der Waals surface area contributed by atoms with E-state index in [1.165, 1.54) is 89.9 Å². The third-order valence-corrected chi connectivity index (χ3v) is 5.50. The van der Waals surface area contributed by atoms with E-state index >= 15 is 0 Å². The predicted octanol–water partition coefficient (Wildman–Crippen LogP) is 7.16. The zero-order valence-corrected chi connectivity index (χ0v) is 17.6. The number of imidazole rings is 1. The van der Waals surface area contributed by atoms with Crippen LogP contribution >= 0.6 is 0 Å². The quantitative estimate of drug-likeness (QED) is 0.260. The van der Waals surface area contributed by atoms with E-state index < -0.39 is 12.0 Å². The Hall–Kier alpha value is -1.32. The van der Waals surface area contributed by atoms with Crippen molar-refractivity contribution in [2.75, 3.05) is 0 Å². The maximum absolute atomic E-state index is 11.3. The summed E-state index contributed by atoms with van der Waals surface area (Å²) in [5, 5.41) is 9.32. The minimum atomic E-state index is -0.756. The van der Waals surface area contributed by atoms with Gasteiger partial charge >= 0.3 is 5.97 Å². The Morgan fingerprint density at radius 3 is 1.63 bits per heavy atom. The first-order valence-corrected chi connectivity index (χ1v) is 11.5. The minimum Gasteiger partial charge on any atom is -0.480 e. The van der Waals surface area contributed by atoms with Gasteiger partial charge in [-0.2, -0.15) is 0 Å². The lowest BCUT2D eigenvalue weighted by Crippen LogP contribution is -2.17. The number of aliphatic carboxylic acids is 1. The summed E-state index contributed by atoms with van der Waals surface area (Å²) in [4.78, 5) is 15.3. The van der Waals surface area contributed by atoms with Gasteiger partial charge in [0.1, 0.15) is 6.04 Å². The van der Waals surface area contributed by atoms with Crippen LogP contribution in [0.2, 0.25) is 0 Å². The van der Waals surface area contributed by atoms with Gasteiger partial charge in [0.2, 0.25) is 0 Å². The predicted molar refractivity (Wildman–Crippen MR) is 113 cm³/mol. The normalized spacial score (nSPS) is 12.3. The first-order chi connectivity index (χ1) is 13.3. The molecule has 1 rings (SSSR count). The fourth-order valence-corrected chi connectivity index (χ4v) is 3.74. The van der Waals surface area contributed by atoms with Crippen LogP contribution in [-0.2, 0) is 4.79 Å². The van der Waals surface area contributed by atoms with Crippen LogP contribution in [0.1, 0.15) is 122 Å². The van der Waals surface area contributed by atoms with E-state index in [2.05, 4.69) is 11.9 Å². The van der Waals surface area contributed by atoms with Crippen LogP contribution in [0.25, 0.3) is 0 Å². The zero-order valence-electron chi connectivity index (χ0n) is 17.6. The summed E-state index contributed by atoms with van der Waals surface area (Å²) in [5.74, 6) is -0.756. The number of carboxylic acids is 1. The third kappa shape index (κ3) is 12.6. The van der Waals surface area contributed by atoms with Gasteiger partial charge in [-0.15, -0.1) is 0 Å². The molecule has 0 fully saturated rings. The molecule has 1 atom stereocenters. The first kappa shape index (κ1) is 23.7. The Kier molecular flexibility index (Phi) is 14.8. The van der Waals surface area contributed by atoms with Gasteiger partial charge in [-0.3, -0.25) is 0 Å². The summed E-state index contributed by atoms with van der Waals surface area (Å²) < 4.78 is 1.70. The Balaban J connectivity index is 1.83. The molecule has 27 heavy (non-hydrogen) atoms. The van der Waals surface area contributed by atoms with Crippen molar-refractivity contribution in [2.45, 2.75) is 122 Å². The van der Waals surface area contributed by atoms with Gasteiger partial charge in [0.15, 0.2) is 0 Å². The van der Waals surface area contributed by atoms with Crippen LogP contribution in [0, 0.1) is 0 Å². The van der Waals surface area contributed by atoms with Crippen LogP contribution in [-0.4, -0.2) is 20.6 Å². The van der Waals surface area contributed by atoms with Gasteiger partial charge in [-0.25, -0.2) is 9.78 Å².